The number of carbonyl (C=O) groups excluding carboxylic acids is 2. The highest BCUT2D eigenvalue weighted by Crippen LogP contribution is 2.27. The number of carbonyl (C=O) groups is 2. The van der Waals surface area contributed by atoms with Gasteiger partial charge in [0.2, 0.25) is 0 Å². The molecule has 0 bridgehead atoms. The van der Waals surface area contributed by atoms with Gasteiger partial charge in [0.1, 0.15) is 34.7 Å². The van der Waals surface area contributed by atoms with Gasteiger partial charge in [-0.2, -0.15) is 5.26 Å². The SMILES string of the molecule is CC(C)Oc1cc(NC(=O)N2CCCc3ccc(C=O)nc32)ncc1C#N. The summed E-state index contributed by atoms with van der Waals surface area (Å²) in [5.41, 5.74) is 1.48. The third-order valence-electron chi connectivity index (χ3n) is 4.01. The second-order valence-electron chi connectivity index (χ2n) is 6.37. The van der Waals surface area contributed by atoms with Crippen LogP contribution in [0.3, 0.4) is 0 Å². The van der Waals surface area contributed by atoms with Crippen LogP contribution in [0.2, 0.25) is 0 Å². The highest BCUT2D eigenvalue weighted by Gasteiger charge is 2.25. The lowest BCUT2D eigenvalue weighted by molar-refractivity contribution is 0.111. The van der Waals surface area contributed by atoms with Crippen molar-refractivity contribution in [3.05, 3.63) is 41.2 Å². The van der Waals surface area contributed by atoms with Crippen LogP contribution in [0.25, 0.3) is 0 Å². The van der Waals surface area contributed by atoms with Crippen LogP contribution < -0.4 is 15.0 Å². The van der Waals surface area contributed by atoms with E-state index in [1.54, 1.807) is 6.07 Å². The van der Waals surface area contributed by atoms with E-state index in [9.17, 15) is 9.59 Å². The average molecular weight is 365 g/mol. The van der Waals surface area contributed by atoms with Crippen LogP contribution in [0.4, 0.5) is 16.4 Å². The molecular weight excluding hydrogens is 346 g/mol. The molecule has 0 spiro atoms. The smallest absolute Gasteiger partial charge is 0.328 e. The van der Waals surface area contributed by atoms with Gasteiger partial charge in [-0.1, -0.05) is 6.07 Å². The first kappa shape index (κ1) is 18.3. The summed E-state index contributed by atoms with van der Waals surface area (Å²) in [6, 6.07) is 6.60. The second kappa shape index (κ2) is 7.83. The van der Waals surface area contributed by atoms with Gasteiger partial charge >= 0.3 is 6.03 Å². The van der Waals surface area contributed by atoms with Crippen molar-refractivity contribution in [3.8, 4) is 11.8 Å². The number of anilines is 2. The molecule has 1 aliphatic rings. The third-order valence-corrected chi connectivity index (χ3v) is 4.01. The van der Waals surface area contributed by atoms with Crippen LogP contribution in [-0.4, -0.2) is 34.9 Å². The number of pyridine rings is 2. The molecule has 1 aliphatic heterocycles. The zero-order valence-electron chi connectivity index (χ0n) is 15.1. The monoisotopic (exact) mass is 365 g/mol. The van der Waals surface area contributed by atoms with Crippen molar-refractivity contribution in [1.29, 1.82) is 5.26 Å². The Labute approximate surface area is 156 Å². The Morgan fingerprint density at radius 3 is 2.96 bits per heavy atom. The highest BCUT2D eigenvalue weighted by molar-refractivity contribution is 6.01. The Kier molecular flexibility index (Phi) is 5.31. The Balaban J connectivity index is 1.85. The zero-order valence-corrected chi connectivity index (χ0v) is 15.1. The molecule has 27 heavy (non-hydrogen) atoms. The van der Waals surface area contributed by atoms with Gasteiger partial charge in [0.05, 0.1) is 12.3 Å². The maximum Gasteiger partial charge on any atom is 0.328 e. The van der Waals surface area contributed by atoms with Crippen molar-refractivity contribution in [3.63, 3.8) is 0 Å². The third kappa shape index (κ3) is 4.03. The highest BCUT2D eigenvalue weighted by atomic mass is 16.5. The predicted molar refractivity (Wildman–Crippen MR) is 99.0 cm³/mol. The maximum atomic E-state index is 12.8. The van der Waals surface area contributed by atoms with Gasteiger partial charge in [0, 0.05) is 12.6 Å². The first-order chi connectivity index (χ1) is 13.0. The van der Waals surface area contributed by atoms with Gasteiger partial charge in [-0.25, -0.2) is 14.8 Å². The van der Waals surface area contributed by atoms with E-state index in [0.717, 1.165) is 18.4 Å². The van der Waals surface area contributed by atoms with E-state index in [2.05, 4.69) is 15.3 Å². The van der Waals surface area contributed by atoms with E-state index < -0.39 is 6.03 Å². The molecule has 8 heteroatoms. The molecule has 0 aromatic carbocycles. The number of aromatic nitrogens is 2. The van der Waals surface area contributed by atoms with Crippen LogP contribution in [0.15, 0.2) is 24.4 Å². The van der Waals surface area contributed by atoms with Gasteiger partial charge in [-0.15, -0.1) is 0 Å². The molecular formula is C19H19N5O3. The van der Waals surface area contributed by atoms with Crippen molar-refractivity contribution >= 4 is 24.0 Å². The fourth-order valence-corrected chi connectivity index (χ4v) is 2.84. The van der Waals surface area contributed by atoms with Gasteiger partial charge in [0.15, 0.2) is 6.29 Å². The first-order valence-electron chi connectivity index (χ1n) is 8.62. The predicted octanol–water partition coefficient (Wildman–Crippen LogP) is 2.93. The number of aldehydes is 1. The van der Waals surface area contributed by atoms with Crippen LogP contribution >= 0.6 is 0 Å². The van der Waals surface area contributed by atoms with Crippen molar-refractivity contribution in [2.45, 2.75) is 32.8 Å². The number of amides is 2. The fourth-order valence-electron chi connectivity index (χ4n) is 2.84. The van der Waals surface area contributed by atoms with Crippen molar-refractivity contribution in [2.75, 3.05) is 16.8 Å². The Bertz CT molecular complexity index is 920. The molecule has 0 unspecified atom stereocenters. The first-order valence-corrected chi connectivity index (χ1v) is 8.62. The normalized spacial score (nSPS) is 12.9. The number of nitriles is 1. The minimum Gasteiger partial charge on any atom is -0.489 e. The summed E-state index contributed by atoms with van der Waals surface area (Å²) < 4.78 is 5.61. The molecule has 2 amide bonds. The van der Waals surface area contributed by atoms with E-state index >= 15 is 0 Å². The fraction of sp³-hybridized carbons (Fsp3) is 0.316. The molecule has 0 atom stereocenters. The van der Waals surface area contributed by atoms with Crippen molar-refractivity contribution in [2.24, 2.45) is 0 Å². The van der Waals surface area contributed by atoms with Crippen LogP contribution in [-0.2, 0) is 6.42 Å². The van der Waals surface area contributed by atoms with E-state index in [0.29, 0.717) is 30.0 Å². The van der Waals surface area contributed by atoms with E-state index in [-0.39, 0.29) is 17.6 Å². The number of hydrogen-bond acceptors (Lipinski definition) is 6. The molecule has 1 N–H and O–H groups in total. The number of nitrogens with one attached hydrogen (secondary N) is 1. The van der Waals surface area contributed by atoms with Gasteiger partial charge in [-0.05, 0) is 38.3 Å². The molecule has 0 saturated heterocycles. The Hall–Kier alpha value is -3.47. The summed E-state index contributed by atoms with van der Waals surface area (Å²) in [6.45, 7) is 4.18. The van der Waals surface area contributed by atoms with Gasteiger partial charge in [0.25, 0.3) is 0 Å². The topological polar surface area (TPSA) is 108 Å². The second-order valence-corrected chi connectivity index (χ2v) is 6.37. The summed E-state index contributed by atoms with van der Waals surface area (Å²) in [6.07, 6.45) is 3.49. The van der Waals surface area contributed by atoms with Crippen LogP contribution in [0.5, 0.6) is 5.75 Å². The summed E-state index contributed by atoms with van der Waals surface area (Å²) in [4.78, 5) is 33.6. The molecule has 3 rings (SSSR count). The van der Waals surface area contributed by atoms with Crippen LogP contribution in [0.1, 0.15) is 41.9 Å². The van der Waals surface area contributed by atoms with Crippen molar-refractivity contribution < 1.29 is 14.3 Å². The molecule has 0 saturated carbocycles. The van der Waals surface area contributed by atoms with Gasteiger partial charge < -0.3 is 4.74 Å². The lowest BCUT2D eigenvalue weighted by Crippen LogP contribution is -2.39. The van der Waals surface area contributed by atoms with E-state index in [1.807, 2.05) is 26.0 Å². The summed E-state index contributed by atoms with van der Waals surface area (Å²) in [7, 11) is 0. The molecule has 0 radical (unpaired) electrons. The number of nitrogens with zero attached hydrogens (tertiary/aromatic N) is 4. The number of hydrogen-bond donors (Lipinski definition) is 1. The summed E-state index contributed by atoms with van der Waals surface area (Å²) >= 11 is 0. The number of ether oxygens (including phenoxy) is 1. The maximum absolute atomic E-state index is 12.8. The van der Waals surface area contributed by atoms with E-state index in [1.165, 1.54) is 17.2 Å². The van der Waals surface area contributed by atoms with Gasteiger partial charge in [-0.3, -0.25) is 15.0 Å². The molecule has 8 nitrogen and oxygen atoms in total. The number of rotatable bonds is 4. The molecule has 2 aromatic heterocycles. The molecule has 3 heterocycles. The van der Waals surface area contributed by atoms with Crippen LogP contribution in [0, 0.1) is 11.3 Å². The molecule has 2 aromatic rings. The number of fused-ring (bicyclic) bond motifs is 1. The minimum atomic E-state index is -0.404. The lowest BCUT2D eigenvalue weighted by atomic mass is 10.1. The van der Waals surface area contributed by atoms with E-state index in [4.69, 9.17) is 10.00 Å². The van der Waals surface area contributed by atoms with Crippen molar-refractivity contribution in [1.82, 2.24) is 9.97 Å². The minimum absolute atomic E-state index is 0.122. The average Bonchev–Trinajstić information content (AvgIpc) is 2.66. The zero-order chi connectivity index (χ0) is 19.4. The number of aryl methyl sites for hydroxylation is 1. The standard InChI is InChI=1S/C19H19N5O3/c1-12(2)27-16-8-17(21-10-14(16)9-20)23-19(26)24-7-3-4-13-5-6-15(11-25)22-18(13)24/h5-6,8,10-12H,3-4,7H2,1-2H3,(H,21,23,26). The largest absolute Gasteiger partial charge is 0.489 e. The Morgan fingerprint density at radius 2 is 2.26 bits per heavy atom. The molecule has 0 aliphatic carbocycles. The summed E-state index contributed by atoms with van der Waals surface area (Å²) in [5, 5.41) is 11.9. The quantitative estimate of drug-likeness (QED) is 0.835. The summed E-state index contributed by atoms with van der Waals surface area (Å²) in [5.74, 6) is 1.11. The lowest BCUT2D eigenvalue weighted by Gasteiger charge is -2.28. The Morgan fingerprint density at radius 1 is 1.44 bits per heavy atom. The molecule has 138 valence electrons. The number of urea groups is 1. The molecule has 0 fully saturated rings.